The second-order valence-electron chi connectivity index (χ2n) is 8.62. The van der Waals surface area contributed by atoms with Gasteiger partial charge in [-0.15, -0.1) is 11.3 Å². The number of anilines is 2. The first-order chi connectivity index (χ1) is 16.9. The SMILES string of the molecule is CCOC(=O)c1c(NC(=S)Nc2c(C)nn(Cc3cccc(OC)c3)c2C)sc2c1CCCCC2. The van der Waals surface area contributed by atoms with Crippen molar-refractivity contribution in [1.29, 1.82) is 0 Å². The number of hydrogen-bond acceptors (Lipinski definition) is 6. The van der Waals surface area contributed by atoms with Gasteiger partial charge < -0.3 is 20.1 Å². The molecule has 0 spiro atoms. The average molecular weight is 513 g/mol. The van der Waals surface area contributed by atoms with E-state index < -0.39 is 0 Å². The topological polar surface area (TPSA) is 77.4 Å². The Morgan fingerprint density at radius 2 is 2.00 bits per heavy atom. The smallest absolute Gasteiger partial charge is 0.341 e. The normalized spacial score (nSPS) is 13.0. The summed E-state index contributed by atoms with van der Waals surface area (Å²) in [4.78, 5) is 14.1. The zero-order chi connectivity index (χ0) is 24.9. The molecule has 4 rings (SSSR count). The molecular formula is C26H32N4O3S2. The fraction of sp³-hybridized carbons (Fsp3) is 0.423. The summed E-state index contributed by atoms with van der Waals surface area (Å²) in [5.41, 5.74) is 5.54. The largest absolute Gasteiger partial charge is 0.497 e. The lowest BCUT2D eigenvalue weighted by atomic mass is 10.1. The molecule has 2 N–H and O–H groups in total. The minimum atomic E-state index is -0.282. The molecule has 1 aliphatic carbocycles. The van der Waals surface area contributed by atoms with E-state index in [1.165, 1.54) is 11.3 Å². The van der Waals surface area contributed by atoms with E-state index in [-0.39, 0.29) is 5.97 Å². The third-order valence-corrected chi connectivity index (χ3v) is 7.63. The Morgan fingerprint density at radius 1 is 1.20 bits per heavy atom. The maximum Gasteiger partial charge on any atom is 0.341 e. The van der Waals surface area contributed by atoms with Crippen LogP contribution in [0.5, 0.6) is 5.75 Å². The van der Waals surface area contributed by atoms with Crippen molar-refractivity contribution in [3.8, 4) is 5.75 Å². The van der Waals surface area contributed by atoms with Crippen LogP contribution in [-0.2, 0) is 24.1 Å². The summed E-state index contributed by atoms with van der Waals surface area (Å²) < 4.78 is 12.7. The molecule has 0 fully saturated rings. The van der Waals surface area contributed by atoms with E-state index in [9.17, 15) is 4.79 Å². The van der Waals surface area contributed by atoms with E-state index in [0.717, 1.165) is 64.6 Å². The van der Waals surface area contributed by atoms with Gasteiger partial charge in [-0.05, 0) is 81.9 Å². The molecule has 1 aliphatic rings. The lowest BCUT2D eigenvalue weighted by Crippen LogP contribution is -2.21. The number of fused-ring (bicyclic) bond motifs is 1. The van der Waals surface area contributed by atoms with Crippen LogP contribution in [0.1, 0.15) is 63.9 Å². The number of aromatic nitrogens is 2. The summed E-state index contributed by atoms with van der Waals surface area (Å²) in [5.74, 6) is 0.537. The summed E-state index contributed by atoms with van der Waals surface area (Å²) in [5, 5.41) is 12.5. The van der Waals surface area contributed by atoms with Crippen LogP contribution in [0, 0.1) is 13.8 Å². The fourth-order valence-electron chi connectivity index (χ4n) is 4.47. The molecule has 0 bridgehead atoms. The Balaban J connectivity index is 1.53. The van der Waals surface area contributed by atoms with Gasteiger partial charge in [0.25, 0.3) is 0 Å². The number of methoxy groups -OCH3 is 1. The number of benzene rings is 1. The zero-order valence-electron chi connectivity index (χ0n) is 20.7. The molecule has 2 aromatic heterocycles. The molecule has 2 heterocycles. The van der Waals surface area contributed by atoms with Crippen LogP contribution >= 0.6 is 23.6 Å². The Morgan fingerprint density at radius 3 is 2.77 bits per heavy atom. The minimum Gasteiger partial charge on any atom is -0.497 e. The summed E-state index contributed by atoms with van der Waals surface area (Å²) in [6.45, 7) is 6.77. The Kier molecular flexibility index (Phi) is 8.07. The molecular weight excluding hydrogens is 480 g/mol. The number of carbonyl (C=O) groups is 1. The van der Waals surface area contributed by atoms with Gasteiger partial charge in [-0.2, -0.15) is 5.10 Å². The molecule has 7 nitrogen and oxygen atoms in total. The summed E-state index contributed by atoms with van der Waals surface area (Å²) in [7, 11) is 1.66. The fourth-order valence-corrected chi connectivity index (χ4v) is 6.02. The molecule has 0 atom stereocenters. The van der Waals surface area contributed by atoms with Crippen LogP contribution in [0.2, 0.25) is 0 Å². The average Bonchev–Trinajstić information content (AvgIpc) is 3.18. The van der Waals surface area contributed by atoms with Gasteiger partial charge in [0.05, 0.1) is 42.9 Å². The Bertz CT molecular complexity index is 1230. The van der Waals surface area contributed by atoms with E-state index >= 15 is 0 Å². The van der Waals surface area contributed by atoms with Crippen molar-refractivity contribution in [2.75, 3.05) is 24.4 Å². The molecule has 9 heteroatoms. The van der Waals surface area contributed by atoms with Crippen molar-refractivity contribution in [2.45, 2.75) is 59.4 Å². The Hall–Kier alpha value is -2.91. The number of carbonyl (C=O) groups excluding carboxylic acids is 1. The second kappa shape index (κ2) is 11.2. The predicted octanol–water partition coefficient (Wildman–Crippen LogP) is 5.87. The van der Waals surface area contributed by atoms with Gasteiger partial charge >= 0.3 is 5.97 Å². The number of aryl methyl sites for hydroxylation is 2. The molecule has 1 aromatic carbocycles. The molecule has 0 radical (unpaired) electrons. The van der Waals surface area contributed by atoms with E-state index in [1.807, 2.05) is 43.7 Å². The van der Waals surface area contributed by atoms with Gasteiger partial charge in [-0.3, -0.25) is 4.68 Å². The molecule has 0 saturated heterocycles. The van der Waals surface area contributed by atoms with Crippen molar-refractivity contribution < 1.29 is 14.3 Å². The lowest BCUT2D eigenvalue weighted by Gasteiger charge is -2.12. The summed E-state index contributed by atoms with van der Waals surface area (Å²) in [6.07, 6.45) is 5.30. The van der Waals surface area contributed by atoms with Gasteiger partial charge in [0, 0.05) is 4.88 Å². The first-order valence-electron chi connectivity index (χ1n) is 12.0. The van der Waals surface area contributed by atoms with Crippen LogP contribution in [0.4, 0.5) is 10.7 Å². The van der Waals surface area contributed by atoms with Crippen molar-refractivity contribution in [2.24, 2.45) is 0 Å². The van der Waals surface area contributed by atoms with Crippen molar-refractivity contribution >= 4 is 45.3 Å². The van der Waals surface area contributed by atoms with Crippen molar-refractivity contribution in [1.82, 2.24) is 9.78 Å². The monoisotopic (exact) mass is 512 g/mol. The van der Waals surface area contributed by atoms with E-state index in [2.05, 4.69) is 16.7 Å². The van der Waals surface area contributed by atoms with E-state index in [0.29, 0.717) is 23.8 Å². The van der Waals surface area contributed by atoms with Crippen LogP contribution in [0.3, 0.4) is 0 Å². The quantitative estimate of drug-likeness (QED) is 0.233. The maximum atomic E-state index is 12.8. The van der Waals surface area contributed by atoms with Gasteiger partial charge in [0.15, 0.2) is 5.11 Å². The van der Waals surface area contributed by atoms with Gasteiger partial charge in [-0.25, -0.2) is 4.79 Å². The highest BCUT2D eigenvalue weighted by molar-refractivity contribution is 7.80. The third kappa shape index (κ3) is 5.67. The van der Waals surface area contributed by atoms with Crippen LogP contribution < -0.4 is 15.4 Å². The number of rotatable bonds is 7. The van der Waals surface area contributed by atoms with Crippen LogP contribution in [-0.4, -0.2) is 34.6 Å². The number of nitrogens with zero attached hydrogens (tertiary/aromatic N) is 2. The second-order valence-corrected chi connectivity index (χ2v) is 10.1. The number of hydrogen-bond donors (Lipinski definition) is 2. The standard InChI is InChI=1S/C26H32N4O3S2/c1-5-33-25(31)22-20-12-7-6-8-13-21(20)35-24(22)28-26(34)27-23-16(2)29-30(17(23)3)15-18-10-9-11-19(14-18)32-4/h9-11,14H,5-8,12-13,15H2,1-4H3,(H2,27,28,34). The van der Waals surface area contributed by atoms with Gasteiger partial charge in [0.1, 0.15) is 10.8 Å². The molecule has 35 heavy (non-hydrogen) atoms. The maximum absolute atomic E-state index is 12.8. The number of esters is 1. The molecule has 0 saturated carbocycles. The highest BCUT2D eigenvalue weighted by atomic mass is 32.1. The first-order valence-corrected chi connectivity index (χ1v) is 13.2. The van der Waals surface area contributed by atoms with Gasteiger partial charge in [0.2, 0.25) is 0 Å². The highest BCUT2D eigenvalue weighted by Gasteiger charge is 2.26. The van der Waals surface area contributed by atoms with E-state index in [1.54, 1.807) is 18.4 Å². The molecule has 0 unspecified atom stereocenters. The summed E-state index contributed by atoms with van der Waals surface area (Å²) >= 11 is 7.28. The van der Waals surface area contributed by atoms with E-state index in [4.69, 9.17) is 26.8 Å². The predicted molar refractivity (Wildman–Crippen MR) is 145 cm³/mol. The molecule has 0 aliphatic heterocycles. The molecule has 3 aromatic rings. The first kappa shape index (κ1) is 25.2. The molecule has 0 amide bonds. The number of thiocarbonyl (C=S) groups is 1. The number of nitrogens with one attached hydrogen (secondary N) is 2. The third-order valence-electron chi connectivity index (χ3n) is 6.21. The molecule has 186 valence electrons. The number of thiophene rings is 1. The van der Waals surface area contributed by atoms with Crippen molar-refractivity contribution in [3.05, 3.63) is 57.2 Å². The van der Waals surface area contributed by atoms with Gasteiger partial charge in [-0.1, -0.05) is 18.6 Å². The summed E-state index contributed by atoms with van der Waals surface area (Å²) in [6, 6.07) is 7.96. The minimum absolute atomic E-state index is 0.282. The number of ether oxygens (including phenoxy) is 2. The highest BCUT2D eigenvalue weighted by Crippen LogP contribution is 2.38. The van der Waals surface area contributed by atoms with Crippen LogP contribution in [0.25, 0.3) is 0 Å². The zero-order valence-corrected chi connectivity index (χ0v) is 22.3. The van der Waals surface area contributed by atoms with Crippen LogP contribution in [0.15, 0.2) is 24.3 Å². The Labute approximate surface area is 215 Å². The lowest BCUT2D eigenvalue weighted by molar-refractivity contribution is 0.0527. The van der Waals surface area contributed by atoms with Crippen molar-refractivity contribution in [3.63, 3.8) is 0 Å².